The molecule has 1 heteroatoms. The van der Waals surface area contributed by atoms with Crippen LogP contribution in [0.1, 0.15) is 30.4 Å². The highest BCUT2D eigenvalue weighted by Gasteiger charge is 2.32. The van der Waals surface area contributed by atoms with Crippen LogP contribution < -0.4 is 5.32 Å². The smallest absolute Gasteiger partial charge is 0.0214 e. The maximum absolute atomic E-state index is 3.70. The summed E-state index contributed by atoms with van der Waals surface area (Å²) < 4.78 is 0. The second-order valence-corrected chi connectivity index (χ2v) is 5.60. The van der Waals surface area contributed by atoms with E-state index in [2.05, 4.69) is 72.9 Å². The van der Waals surface area contributed by atoms with E-state index in [-0.39, 0.29) is 0 Å². The van der Waals surface area contributed by atoms with Crippen LogP contribution in [0.4, 0.5) is 0 Å². The molecule has 0 amide bonds. The molecule has 2 aromatic carbocycles. The highest BCUT2D eigenvalue weighted by molar-refractivity contribution is 5.32. The first kappa shape index (κ1) is 12.4. The minimum atomic E-state index is 0.454. The van der Waals surface area contributed by atoms with Gasteiger partial charge in [0.1, 0.15) is 0 Å². The first-order valence-corrected chi connectivity index (χ1v) is 7.18. The third kappa shape index (κ3) is 3.05. The third-order valence-corrected chi connectivity index (χ3v) is 4.10. The molecule has 1 aliphatic carbocycles. The van der Waals surface area contributed by atoms with Gasteiger partial charge in [0.2, 0.25) is 0 Å². The van der Waals surface area contributed by atoms with Crippen LogP contribution in [0.5, 0.6) is 0 Å². The summed E-state index contributed by atoms with van der Waals surface area (Å²) >= 11 is 0. The maximum atomic E-state index is 3.70. The first-order chi connectivity index (χ1) is 9.34. The summed E-state index contributed by atoms with van der Waals surface area (Å²) in [5, 5.41) is 3.70. The molecule has 98 valence electrons. The summed E-state index contributed by atoms with van der Waals surface area (Å²) in [4.78, 5) is 0. The van der Waals surface area contributed by atoms with Crippen molar-refractivity contribution >= 4 is 0 Å². The lowest BCUT2D eigenvalue weighted by molar-refractivity contribution is 0.610. The molecule has 19 heavy (non-hydrogen) atoms. The van der Waals surface area contributed by atoms with E-state index < -0.39 is 0 Å². The fourth-order valence-corrected chi connectivity index (χ4v) is 2.67. The lowest BCUT2D eigenvalue weighted by Crippen LogP contribution is -2.25. The molecule has 3 rings (SSSR count). The molecule has 2 atom stereocenters. The van der Waals surface area contributed by atoms with Gasteiger partial charge in [-0.05, 0) is 23.5 Å². The van der Waals surface area contributed by atoms with Gasteiger partial charge in [0, 0.05) is 18.5 Å². The van der Waals surface area contributed by atoms with Crippen molar-refractivity contribution in [3.8, 4) is 0 Å². The second-order valence-electron chi connectivity index (χ2n) is 5.60. The molecule has 1 saturated carbocycles. The molecule has 2 aromatic rings. The van der Waals surface area contributed by atoms with E-state index in [9.17, 15) is 0 Å². The molecule has 0 radical (unpaired) electrons. The quantitative estimate of drug-likeness (QED) is 0.852. The molecule has 1 fully saturated rings. The van der Waals surface area contributed by atoms with E-state index in [0.29, 0.717) is 5.92 Å². The minimum Gasteiger partial charge on any atom is -0.313 e. The molecule has 0 spiro atoms. The number of hydrogen-bond acceptors (Lipinski definition) is 1. The SMILES string of the molecule is CC1CC1NCC(c1ccccc1)c1ccccc1. The lowest BCUT2D eigenvalue weighted by Gasteiger charge is -2.19. The van der Waals surface area contributed by atoms with E-state index in [1.54, 1.807) is 0 Å². The average Bonchev–Trinajstić information content (AvgIpc) is 3.17. The van der Waals surface area contributed by atoms with Crippen molar-refractivity contribution < 1.29 is 0 Å². The van der Waals surface area contributed by atoms with Crippen LogP contribution in [0.3, 0.4) is 0 Å². The van der Waals surface area contributed by atoms with Crippen LogP contribution in [0.15, 0.2) is 60.7 Å². The van der Waals surface area contributed by atoms with Gasteiger partial charge in [-0.25, -0.2) is 0 Å². The largest absolute Gasteiger partial charge is 0.313 e. The van der Waals surface area contributed by atoms with Crippen LogP contribution in [0.2, 0.25) is 0 Å². The molecule has 0 bridgehead atoms. The summed E-state index contributed by atoms with van der Waals surface area (Å²) in [5.41, 5.74) is 2.80. The number of benzene rings is 2. The zero-order valence-electron chi connectivity index (χ0n) is 11.4. The van der Waals surface area contributed by atoms with Crippen molar-refractivity contribution in [3.63, 3.8) is 0 Å². The Balaban J connectivity index is 1.79. The van der Waals surface area contributed by atoms with E-state index in [4.69, 9.17) is 0 Å². The Labute approximate surface area is 115 Å². The summed E-state index contributed by atoms with van der Waals surface area (Å²) in [6.07, 6.45) is 1.33. The standard InChI is InChI=1S/C18H21N/c1-14-12-18(14)19-13-17(15-8-4-2-5-9-15)16-10-6-3-7-11-16/h2-11,14,17-19H,12-13H2,1H3. The molecule has 1 N–H and O–H groups in total. The Morgan fingerprint density at radius 1 is 0.947 bits per heavy atom. The van der Waals surface area contributed by atoms with Gasteiger partial charge >= 0.3 is 0 Å². The lowest BCUT2D eigenvalue weighted by atomic mass is 9.91. The predicted octanol–water partition coefficient (Wildman–Crippen LogP) is 3.82. The van der Waals surface area contributed by atoms with Crippen molar-refractivity contribution in [2.75, 3.05) is 6.54 Å². The van der Waals surface area contributed by atoms with E-state index in [1.165, 1.54) is 17.5 Å². The summed E-state index contributed by atoms with van der Waals surface area (Å²) in [6, 6.07) is 22.3. The molecule has 0 heterocycles. The Morgan fingerprint density at radius 3 is 1.84 bits per heavy atom. The summed E-state index contributed by atoms with van der Waals surface area (Å²) in [5.74, 6) is 1.31. The van der Waals surface area contributed by atoms with E-state index in [0.717, 1.165) is 18.5 Å². The van der Waals surface area contributed by atoms with Gasteiger partial charge in [0.05, 0.1) is 0 Å². The van der Waals surface area contributed by atoms with Gasteiger partial charge in [-0.3, -0.25) is 0 Å². The molecule has 0 aromatic heterocycles. The fraction of sp³-hybridized carbons (Fsp3) is 0.333. The summed E-state index contributed by atoms with van der Waals surface area (Å²) in [6.45, 7) is 3.35. The Hall–Kier alpha value is -1.60. The van der Waals surface area contributed by atoms with E-state index >= 15 is 0 Å². The van der Waals surface area contributed by atoms with Crippen LogP contribution >= 0.6 is 0 Å². The molecule has 1 nitrogen and oxygen atoms in total. The monoisotopic (exact) mass is 251 g/mol. The minimum absolute atomic E-state index is 0.454. The van der Waals surface area contributed by atoms with Gasteiger partial charge < -0.3 is 5.32 Å². The fourth-order valence-electron chi connectivity index (χ4n) is 2.67. The molecular weight excluding hydrogens is 230 g/mol. The zero-order chi connectivity index (χ0) is 13.1. The molecular formula is C18H21N. The van der Waals surface area contributed by atoms with Crippen LogP contribution in [-0.4, -0.2) is 12.6 Å². The maximum Gasteiger partial charge on any atom is 0.0214 e. The Kier molecular flexibility index (Phi) is 3.65. The van der Waals surface area contributed by atoms with Gasteiger partial charge in [-0.1, -0.05) is 67.6 Å². The molecule has 2 unspecified atom stereocenters. The molecule has 0 aliphatic heterocycles. The van der Waals surface area contributed by atoms with Crippen molar-refractivity contribution in [3.05, 3.63) is 71.8 Å². The number of hydrogen-bond donors (Lipinski definition) is 1. The third-order valence-electron chi connectivity index (χ3n) is 4.10. The van der Waals surface area contributed by atoms with Crippen molar-refractivity contribution in [1.82, 2.24) is 5.32 Å². The topological polar surface area (TPSA) is 12.0 Å². The van der Waals surface area contributed by atoms with Gasteiger partial charge in [-0.15, -0.1) is 0 Å². The van der Waals surface area contributed by atoms with Gasteiger partial charge in [-0.2, -0.15) is 0 Å². The first-order valence-electron chi connectivity index (χ1n) is 7.18. The normalized spacial score (nSPS) is 21.6. The van der Waals surface area contributed by atoms with Crippen molar-refractivity contribution in [1.29, 1.82) is 0 Å². The predicted molar refractivity (Wildman–Crippen MR) is 80.3 cm³/mol. The Morgan fingerprint density at radius 2 is 1.42 bits per heavy atom. The highest BCUT2D eigenvalue weighted by Crippen LogP contribution is 2.31. The van der Waals surface area contributed by atoms with Crippen LogP contribution in [0, 0.1) is 5.92 Å². The second kappa shape index (κ2) is 5.58. The molecule has 0 saturated heterocycles. The van der Waals surface area contributed by atoms with E-state index in [1.807, 2.05) is 0 Å². The summed E-state index contributed by atoms with van der Waals surface area (Å²) in [7, 11) is 0. The van der Waals surface area contributed by atoms with Gasteiger partial charge in [0.25, 0.3) is 0 Å². The van der Waals surface area contributed by atoms with Crippen LogP contribution in [-0.2, 0) is 0 Å². The average molecular weight is 251 g/mol. The molecule has 1 aliphatic rings. The van der Waals surface area contributed by atoms with Crippen LogP contribution in [0.25, 0.3) is 0 Å². The van der Waals surface area contributed by atoms with Gasteiger partial charge in [0.15, 0.2) is 0 Å². The number of nitrogens with one attached hydrogen (secondary N) is 1. The Bertz CT molecular complexity index is 466. The van der Waals surface area contributed by atoms with Crippen molar-refractivity contribution in [2.24, 2.45) is 5.92 Å². The van der Waals surface area contributed by atoms with Crippen molar-refractivity contribution in [2.45, 2.75) is 25.3 Å². The zero-order valence-corrected chi connectivity index (χ0v) is 11.4. The number of rotatable bonds is 5. The highest BCUT2D eigenvalue weighted by atomic mass is 15.0.